The highest BCUT2D eigenvalue weighted by Gasteiger charge is 2.34. The number of nitrogens with zero attached hydrogens (tertiary/aromatic N) is 4. The van der Waals surface area contributed by atoms with Crippen molar-refractivity contribution in [1.82, 2.24) is 14.5 Å². The van der Waals surface area contributed by atoms with Crippen LogP contribution in [0.4, 0.5) is 5.69 Å². The van der Waals surface area contributed by atoms with E-state index in [-0.39, 0.29) is 5.56 Å². The fraction of sp³-hybridized carbons (Fsp3) is 0.316. The number of rotatable bonds is 2. The molecule has 0 aliphatic heterocycles. The van der Waals surface area contributed by atoms with Crippen molar-refractivity contribution in [1.29, 1.82) is 0 Å². The molecule has 5 rings (SSSR count). The van der Waals surface area contributed by atoms with E-state index in [2.05, 4.69) is 28.2 Å². The average Bonchev–Trinajstić information content (AvgIpc) is 3.25. The summed E-state index contributed by atoms with van der Waals surface area (Å²) in [5.74, 6) is 1.25. The third-order valence-electron chi connectivity index (χ3n) is 5.06. The van der Waals surface area contributed by atoms with Gasteiger partial charge in [0, 0.05) is 32.4 Å². The van der Waals surface area contributed by atoms with E-state index in [4.69, 9.17) is 0 Å². The van der Waals surface area contributed by atoms with Crippen LogP contribution in [0.25, 0.3) is 26.1 Å². The lowest BCUT2D eigenvalue weighted by atomic mass is 10.2. The molecule has 3 aromatic rings. The molecule has 25 heavy (non-hydrogen) atoms. The van der Waals surface area contributed by atoms with Gasteiger partial charge in [0.15, 0.2) is 0 Å². The number of anilines is 1. The summed E-state index contributed by atoms with van der Waals surface area (Å²) in [4.78, 5) is 25.2. The molecule has 0 aromatic carbocycles. The van der Waals surface area contributed by atoms with Gasteiger partial charge in [-0.05, 0) is 24.3 Å². The van der Waals surface area contributed by atoms with Crippen molar-refractivity contribution in [3.8, 4) is 0 Å². The van der Waals surface area contributed by atoms with Crippen molar-refractivity contribution < 1.29 is 0 Å². The quantitative estimate of drug-likeness (QED) is 0.664. The van der Waals surface area contributed by atoms with Crippen molar-refractivity contribution in [3.05, 3.63) is 47.2 Å². The van der Waals surface area contributed by atoms with Crippen molar-refractivity contribution >= 4 is 43.2 Å². The molecule has 3 aromatic heterocycles. The second-order valence-electron chi connectivity index (χ2n) is 6.96. The van der Waals surface area contributed by atoms with Crippen LogP contribution < -0.4 is 10.5 Å². The minimum Gasteiger partial charge on any atom is -0.377 e. The predicted molar refractivity (Wildman–Crippen MR) is 103 cm³/mol. The number of aromatic nitrogens is 3. The normalized spacial score (nSPS) is 21.9. The van der Waals surface area contributed by atoms with E-state index in [1.54, 1.807) is 17.1 Å². The van der Waals surface area contributed by atoms with Gasteiger partial charge in [-0.1, -0.05) is 18.2 Å². The topological polar surface area (TPSA) is 51.0 Å². The summed E-state index contributed by atoms with van der Waals surface area (Å²) in [6, 6.07) is 1.97. The molecule has 2 aliphatic carbocycles. The Balaban J connectivity index is 1.75. The molecule has 2 atom stereocenters. The summed E-state index contributed by atoms with van der Waals surface area (Å²) in [5.41, 5.74) is 2.85. The summed E-state index contributed by atoms with van der Waals surface area (Å²) in [7, 11) is 3.99. The first-order valence-electron chi connectivity index (χ1n) is 8.47. The molecule has 0 spiro atoms. The second kappa shape index (κ2) is 5.26. The van der Waals surface area contributed by atoms with Crippen molar-refractivity contribution in [3.63, 3.8) is 0 Å². The third-order valence-corrected chi connectivity index (χ3v) is 6.13. The molecule has 0 amide bonds. The molecule has 2 unspecified atom stereocenters. The molecular weight excluding hydrogens is 332 g/mol. The molecule has 0 N–H and O–H groups in total. The maximum atomic E-state index is 13.1. The number of hydrogen-bond donors (Lipinski definition) is 0. The van der Waals surface area contributed by atoms with E-state index >= 15 is 0 Å². The van der Waals surface area contributed by atoms with Gasteiger partial charge in [0.25, 0.3) is 5.56 Å². The lowest BCUT2D eigenvalue weighted by molar-refractivity contribution is 0.939. The number of allylic oxidation sites excluding steroid dienone is 4. The summed E-state index contributed by atoms with van der Waals surface area (Å²) >= 11 is 1.44. The summed E-state index contributed by atoms with van der Waals surface area (Å²) in [6.45, 7) is 0. The zero-order valence-electron chi connectivity index (χ0n) is 14.1. The van der Waals surface area contributed by atoms with Gasteiger partial charge in [0.2, 0.25) is 0 Å². The molecule has 5 nitrogen and oxygen atoms in total. The van der Waals surface area contributed by atoms with Crippen LogP contribution >= 0.6 is 11.3 Å². The Kier molecular flexibility index (Phi) is 3.12. The molecule has 126 valence electrons. The minimum absolute atomic E-state index is 0.0106. The van der Waals surface area contributed by atoms with E-state index in [9.17, 15) is 4.79 Å². The van der Waals surface area contributed by atoms with Crippen molar-refractivity contribution in [2.45, 2.75) is 12.8 Å². The number of fused-ring (bicyclic) bond motifs is 4. The highest BCUT2D eigenvalue weighted by Crippen LogP contribution is 2.44. The van der Waals surface area contributed by atoms with Gasteiger partial charge in [0.1, 0.15) is 15.9 Å². The zero-order valence-corrected chi connectivity index (χ0v) is 15.0. The second-order valence-corrected chi connectivity index (χ2v) is 7.96. The molecule has 3 heterocycles. The largest absolute Gasteiger partial charge is 0.377 e. The van der Waals surface area contributed by atoms with Crippen LogP contribution in [0, 0.1) is 11.8 Å². The standard InChI is InChI=1S/C19H18N4OS/c1-22(2)14-6-7-20-18-15(14)16-17(25-18)19(24)23(10-21-16)13-5-3-4-11-8-12(11)9-13/h3-4,6-7,9-12H,5,8H2,1-2H3. The Hall–Kier alpha value is -2.47. The Morgan fingerprint density at radius 2 is 2.16 bits per heavy atom. The highest BCUT2D eigenvalue weighted by molar-refractivity contribution is 7.25. The van der Waals surface area contributed by atoms with Gasteiger partial charge < -0.3 is 4.90 Å². The number of thiophene rings is 1. The Labute approximate surface area is 148 Å². The average molecular weight is 350 g/mol. The van der Waals surface area contributed by atoms with Gasteiger partial charge in [0.05, 0.1) is 16.6 Å². The summed E-state index contributed by atoms with van der Waals surface area (Å²) in [6.07, 6.45) is 12.2. The Bertz CT molecular complexity index is 1120. The van der Waals surface area contributed by atoms with E-state index < -0.39 is 0 Å². The lowest BCUT2D eigenvalue weighted by Gasteiger charge is -2.13. The van der Waals surface area contributed by atoms with Crippen LogP contribution in [0.3, 0.4) is 0 Å². The van der Waals surface area contributed by atoms with Gasteiger partial charge in [-0.2, -0.15) is 0 Å². The molecule has 1 saturated carbocycles. The lowest BCUT2D eigenvalue weighted by Crippen LogP contribution is -2.19. The van der Waals surface area contributed by atoms with E-state index in [1.807, 2.05) is 25.1 Å². The van der Waals surface area contributed by atoms with E-state index in [0.717, 1.165) is 33.5 Å². The van der Waals surface area contributed by atoms with Crippen molar-refractivity contribution in [2.24, 2.45) is 11.8 Å². The van der Waals surface area contributed by atoms with E-state index in [0.29, 0.717) is 16.5 Å². The van der Waals surface area contributed by atoms with Crippen molar-refractivity contribution in [2.75, 3.05) is 19.0 Å². The SMILES string of the molecule is CN(C)c1ccnc2sc3c(=O)n(C4=CC5CC5C=CC4)cnc3c12. The highest BCUT2D eigenvalue weighted by atomic mass is 32.1. The van der Waals surface area contributed by atoms with Crippen LogP contribution in [-0.2, 0) is 0 Å². The maximum Gasteiger partial charge on any atom is 0.275 e. The van der Waals surface area contributed by atoms with Gasteiger partial charge >= 0.3 is 0 Å². The molecule has 0 bridgehead atoms. The molecule has 6 heteroatoms. The first-order valence-corrected chi connectivity index (χ1v) is 9.29. The molecular formula is C19H18N4OS. The maximum absolute atomic E-state index is 13.1. The van der Waals surface area contributed by atoms with Crippen LogP contribution in [0.2, 0.25) is 0 Å². The van der Waals surface area contributed by atoms with Gasteiger partial charge in [-0.25, -0.2) is 9.97 Å². The number of hydrogen-bond acceptors (Lipinski definition) is 5. The third kappa shape index (κ3) is 2.24. The molecule has 1 fully saturated rings. The monoisotopic (exact) mass is 350 g/mol. The van der Waals surface area contributed by atoms with Gasteiger partial charge in [-0.3, -0.25) is 9.36 Å². The number of pyridine rings is 1. The smallest absolute Gasteiger partial charge is 0.275 e. The van der Waals surface area contributed by atoms with Crippen LogP contribution in [-0.4, -0.2) is 28.6 Å². The van der Waals surface area contributed by atoms with E-state index in [1.165, 1.54) is 17.8 Å². The fourth-order valence-corrected chi connectivity index (χ4v) is 4.67. The first kappa shape index (κ1) is 14.8. The minimum atomic E-state index is 0.0106. The molecule has 0 saturated heterocycles. The summed E-state index contributed by atoms with van der Waals surface area (Å²) < 4.78 is 2.40. The fourth-order valence-electron chi connectivity index (χ4n) is 3.62. The van der Waals surface area contributed by atoms with Crippen LogP contribution in [0.15, 0.2) is 41.6 Å². The molecule has 2 aliphatic rings. The first-order chi connectivity index (χ1) is 12.1. The molecule has 0 radical (unpaired) electrons. The Morgan fingerprint density at radius 1 is 1.28 bits per heavy atom. The van der Waals surface area contributed by atoms with Crippen LogP contribution in [0.1, 0.15) is 12.8 Å². The van der Waals surface area contributed by atoms with Gasteiger partial charge in [-0.15, -0.1) is 11.3 Å². The zero-order chi connectivity index (χ0) is 17.1. The Morgan fingerprint density at radius 3 is 3.00 bits per heavy atom. The summed E-state index contributed by atoms with van der Waals surface area (Å²) in [5, 5.41) is 0.966. The predicted octanol–water partition coefficient (Wildman–Crippen LogP) is 3.51. The van der Waals surface area contributed by atoms with Crippen LogP contribution in [0.5, 0.6) is 0 Å².